The molecule has 2 aliphatic rings. The number of nitrogens with zero attached hydrogens (tertiary/aromatic N) is 2. The maximum absolute atomic E-state index is 6.01. The van der Waals surface area contributed by atoms with E-state index in [-0.39, 0.29) is 0 Å². The molecule has 2 heterocycles. The summed E-state index contributed by atoms with van der Waals surface area (Å²) < 4.78 is 11.3. The van der Waals surface area contributed by atoms with E-state index < -0.39 is 0 Å². The number of rotatable bonds is 5. The fraction of sp³-hybridized carbons (Fsp3) is 0.647. The van der Waals surface area contributed by atoms with Gasteiger partial charge >= 0.3 is 0 Å². The lowest BCUT2D eigenvalue weighted by molar-refractivity contribution is 0.0921. The number of benzene rings is 1. The average Bonchev–Trinajstić information content (AvgIpc) is 3.00. The summed E-state index contributed by atoms with van der Waals surface area (Å²) in [5.74, 6) is 2.31. The van der Waals surface area contributed by atoms with Crippen LogP contribution in [0.2, 0.25) is 0 Å². The predicted molar refractivity (Wildman–Crippen MR) is 83.5 cm³/mol. The molecule has 0 bridgehead atoms. The van der Waals surface area contributed by atoms with E-state index in [1.807, 2.05) is 6.07 Å². The van der Waals surface area contributed by atoms with Crippen LogP contribution in [0.25, 0.3) is 0 Å². The Hall–Kier alpha value is -1.10. The molecule has 4 heteroatoms. The minimum absolute atomic E-state index is 0.431. The molecule has 1 aromatic rings. The van der Waals surface area contributed by atoms with Crippen molar-refractivity contribution in [2.45, 2.75) is 12.6 Å². The smallest absolute Gasteiger partial charge is 0.119 e. The number of ether oxygens (including phenoxy) is 2. The largest absolute Gasteiger partial charge is 0.497 e. The monoisotopic (exact) mass is 290 g/mol. The second-order valence-corrected chi connectivity index (χ2v) is 6.60. The summed E-state index contributed by atoms with van der Waals surface area (Å²) in [5, 5.41) is 0. The summed E-state index contributed by atoms with van der Waals surface area (Å²) >= 11 is 0. The van der Waals surface area contributed by atoms with Crippen LogP contribution in [-0.4, -0.2) is 63.4 Å². The predicted octanol–water partition coefficient (Wildman–Crippen LogP) is 1.70. The van der Waals surface area contributed by atoms with Crippen molar-refractivity contribution in [3.63, 3.8) is 0 Å². The first-order valence-electron chi connectivity index (χ1n) is 7.77. The quantitative estimate of drug-likeness (QED) is 0.824. The van der Waals surface area contributed by atoms with Crippen molar-refractivity contribution >= 4 is 0 Å². The zero-order chi connectivity index (χ0) is 14.8. The van der Waals surface area contributed by atoms with Crippen LogP contribution in [0, 0.1) is 11.8 Å². The molecule has 2 saturated heterocycles. The number of fused-ring (bicyclic) bond motifs is 1. The van der Waals surface area contributed by atoms with Crippen LogP contribution in [0.3, 0.4) is 0 Å². The van der Waals surface area contributed by atoms with Crippen molar-refractivity contribution in [1.29, 1.82) is 0 Å². The highest BCUT2D eigenvalue weighted by Gasteiger charge is 2.43. The van der Waals surface area contributed by atoms with Gasteiger partial charge in [-0.05, 0) is 31.8 Å². The Balaban J connectivity index is 1.59. The zero-order valence-electron chi connectivity index (χ0n) is 13.3. The van der Waals surface area contributed by atoms with Gasteiger partial charge in [-0.3, -0.25) is 4.90 Å². The zero-order valence-corrected chi connectivity index (χ0v) is 13.3. The fourth-order valence-corrected chi connectivity index (χ4v) is 3.70. The van der Waals surface area contributed by atoms with E-state index in [9.17, 15) is 0 Å². The van der Waals surface area contributed by atoms with Gasteiger partial charge in [0.1, 0.15) is 5.75 Å². The van der Waals surface area contributed by atoms with Crippen molar-refractivity contribution in [3.05, 3.63) is 29.8 Å². The number of likely N-dealkylation sites (tertiary alicyclic amines) is 1. The summed E-state index contributed by atoms with van der Waals surface area (Å²) in [5.41, 5.74) is 1.32. The normalized spacial score (nSPS) is 29.0. The molecule has 0 saturated carbocycles. The van der Waals surface area contributed by atoms with Crippen LogP contribution in [-0.2, 0) is 11.3 Å². The third-order valence-corrected chi connectivity index (χ3v) is 4.65. The molecule has 3 atom stereocenters. The van der Waals surface area contributed by atoms with Crippen LogP contribution in [0.4, 0.5) is 0 Å². The Morgan fingerprint density at radius 3 is 2.95 bits per heavy atom. The summed E-state index contributed by atoms with van der Waals surface area (Å²) in [4.78, 5) is 4.80. The van der Waals surface area contributed by atoms with Gasteiger partial charge in [-0.1, -0.05) is 12.1 Å². The number of methoxy groups -OCH3 is 1. The van der Waals surface area contributed by atoms with Crippen LogP contribution >= 0.6 is 0 Å². The van der Waals surface area contributed by atoms with E-state index in [0.29, 0.717) is 17.9 Å². The summed E-state index contributed by atoms with van der Waals surface area (Å²) in [6.07, 6.45) is 0.431. The Bertz CT molecular complexity index is 478. The number of hydrogen-bond donors (Lipinski definition) is 0. The van der Waals surface area contributed by atoms with Gasteiger partial charge in [-0.15, -0.1) is 0 Å². The highest BCUT2D eigenvalue weighted by molar-refractivity contribution is 5.28. The van der Waals surface area contributed by atoms with Crippen molar-refractivity contribution in [3.8, 4) is 5.75 Å². The highest BCUT2D eigenvalue weighted by atomic mass is 16.5. The molecule has 21 heavy (non-hydrogen) atoms. The number of hydrogen-bond acceptors (Lipinski definition) is 4. The molecule has 0 unspecified atom stereocenters. The van der Waals surface area contributed by atoms with Crippen LogP contribution in [0.5, 0.6) is 5.75 Å². The van der Waals surface area contributed by atoms with Crippen LogP contribution < -0.4 is 4.74 Å². The van der Waals surface area contributed by atoms with E-state index >= 15 is 0 Å². The van der Waals surface area contributed by atoms with Gasteiger partial charge < -0.3 is 14.4 Å². The van der Waals surface area contributed by atoms with Gasteiger partial charge in [0.15, 0.2) is 0 Å². The Morgan fingerprint density at radius 2 is 2.19 bits per heavy atom. The maximum Gasteiger partial charge on any atom is 0.119 e. The van der Waals surface area contributed by atoms with Gasteiger partial charge in [0, 0.05) is 38.0 Å². The van der Waals surface area contributed by atoms with Crippen molar-refractivity contribution in [2.24, 2.45) is 11.8 Å². The molecule has 4 nitrogen and oxygen atoms in total. The molecule has 0 spiro atoms. The molecule has 0 radical (unpaired) electrons. The molecule has 0 aliphatic carbocycles. The second kappa shape index (κ2) is 6.34. The summed E-state index contributed by atoms with van der Waals surface area (Å²) in [6.45, 7) is 5.27. The molecule has 0 amide bonds. The van der Waals surface area contributed by atoms with Crippen LogP contribution in [0.1, 0.15) is 5.56 Å². The van der Waals surface area contributed by atoms with Gasteiger partial charge in [-0.25, -0.2) is 0 Å². The minimum Gasteiger partial charge on any atom is -0.497 e. The molecule has 2 fully saturated rings. The molecular formula is C17H26N2O2. The Kier molecular flexibility index (Phi) is 4.48. The lowest BCUT2D eigenvalue weighted by Gasteiger charge is -2.22. The van der Waals surface area contributed by atoms with Crippen LogP contribution in [0.15, 0.2) is 24.3 Å². The molecule has 0 N–H and O–H groups in total. The maximum atomic E-state index is 6.01. The molecule has 2 aliphatic heterocycles. The molecular weight excluding hydrogens is 264 g/mol. The third-order valence-electron chi connectivity index (χ3n) is 4.65. The third kappa shape index (κ3) is 3.39. The first kappa shape index (κ1) is 14.8. The van der Waals surface area contributed by atoms with Crippen molar-refractivity contribution < 1.29 is 9.47 Å². The lowest BCUT2D eigenvalue weighted by atomic mass is 9.93. The fourth-order valence-electron chi connectivity index (χ4n) is 3.70. The summed E-state index contributed by atoms with van der Waals surface area (Å²) in [6, 6.07) is 8.37. The molecule has 3 rings (SSSR count). The first-order valence-corrected chi connectivity index (χ1v) is 7.77. The highest BCUT2D eigenvalue weighted by Crippen LogP contribution is 2.34. The molecule has 1 aromatic carbocycles. The lowest BCUT2D eigenvalue weighted by Crippen LogP contribution is -2.30. The van der Waals surface area contributed by atoms with Crippen molar-refractivity contribution in [1.82, 2.24) is 9.80 Å². The van der Waals surface area contributed by atoms with E-state index in [1.165, 1.54) is 5.56 Å². The Morgan fingerprint density at radius 1 is 1.33 bits per heavy atom. The van der Waals surface area contributed by atoms with Gasteiger partial charge in [0.05, 0.1) is 19.8 Å². The second-order valence-electron chi connectivity index (χ2n) is 6.60. The average molecular weight is 290 g/mol. The van der Waals surface area contributed by atoms with E-state index in [0.717, 1.165) is 38.5 Å². The standard InChI is InChI=1S/C17H26N2O2/c1-18(2)9-14-12-21-17-11-19(10-16(14)17)8-13-5-4-6-15(7-13)20-3/h4-7,14,16-17H,8-12H2,1-3H3/t14-,16+,17+/m0/s1. The van der Waals surface area contributed by atoms with Crippen molar-refractivity contribution in [2.75, 3.05) is 47.4 Å². The summed E-state index contributed by atoms with van der Waals surface area (Å²) in [7, 11) is 6.02. The molecule has 116 valence electrons. The van der Waals surface area contributed by atoms with Gasteiger partial charge in [0.25, 0.3) is 0 Å². The molecule has 0 aromatic heterocycles. The first-order chi connectivity index (χ1) is 10.2. The van der Waals surface area contributed by atoms with Gasteiger partial charge in [0.2, 0.25) is 0 Å². The van der Waals surface area contributed by atoms with E-state index in [1.54, 1.807) is 7.11 Å². The van der Waals surface area contributed by atoms with E-state index in [2.05, 4.69) is 42.1 Å². The van der Waals surface area contributed by atoms with Gasteiger partial charge in [-0.2, -0.15) is 0 Å². The van der Waals surface area contributed by atoms with E-state index in [4.69, 9.17) is 9.47 Å². The SMILES string of the molecule is COc1cccc(CN2C[C@@H]3[C@@H](CN(C)C)CO[C@@H]3C2)c1. The Labute approximate surface area is 127 Å². The topological polar surface area (TPSA) is 24.9 Å². The minimum atomic E-state index is 0.431.